The summed E-state index contributed by atoms with van der Waals surface area (Å²) in [6, 6.07) is 9.44. The van der Waals surface area contributed by atoms with E-state index in [1.165, 1.54) is 11.3 Å². The Morgan fingerprint density at radius 3 is 2.86 bits per heavy atom. The lowest BCUT2D eigenvalue weighted by molar-refractivity contribution is -0.115. The zero-order chi connectivity index (χ0) is 14.9. The van der Waals surface area contributed by atoms with E-state index in [2.05, 4.69) is 10.3 Å². The van der Waals surface area contributed by atoms with Crippen molar-refractivity contribution in [1.82, 2.24) is 5.32 Å². The average Bonchev–Trinajstić information content (AvgIpc) is 3.18. The number of amides is 1. The number of hydrogen-bond donors (Lipinski definition) is 1. The third-order valence-electron chi connectivity index (χ3n) is 3.32. The van der Waals surface area contributed by atoms with Crippen LogP contribution in [0.4, 0.5) is 0 Å². The second-order valence-corrected chi connectivity index (χ2v) is 5.77. The monoisotopic (exact) mass is 312 g/mol. The summed E-state index contributed by atoms with van der Waals surface area (Å²) in [7, 11) is 0. The molecule has 1 aromatic carbocycles. The summed E-state index contributed by atoms with van der Waals surface area (Å²) in [5.41, 5.74) is 1.24. The third-order valence-corrected chi connectivity index (χ3v) is 4.20. The van der Waals surface area contributed by atoms with Gasteiger partial charge in [-0.15, -0.1) is 11.3 Å². The number of benzene rings is 1. The van der Waals surface area contributed by atoms with Crippen LogP contribution in [0, 0.1) is 0 Å². The van der Waals surface area contributed by atoms with E-state index in [-0.39, 0.29) is 5.91 Å². The SMILES string of the molecule is O=C1NC(c2cccs2)=N/C1=C/c1ccc2c(c1)OCCO2. The van der Waals surface area contributed by atoms with Gasteiger partial charge >= 0.3 is 0 Å². The van der Waals surface area contributed by atoms with Crippen LogP contribution in [0.25, 0.3) is 6.08 Å². The normalized spacial score (nSPS) is 18.3. The fourth-order valence-electron chi connectivity index (χ4n) is 2.31. The van der Waals surface area contributed by atoms with Crippen LogP contribution in [0.5, 0.6) is 11.5 Å². The molecule has 2 aliphatic heterocycles. The molecule has 1 N–H and O–H groups in total. The lowest BCUT2D eigenvalue weighted by atomic mass is 10.1. The van der Waals surface area contributed by atoms with Crippen molar-refractivity contribution in [2.75, 3.05) is 13.2 Å². The van der Waals surface area contributed by atoms with Crippen molar-refractivity contribution in [2.45, 2.75) is 0 Å². The molecule has 2 aromatic rings. The number of fused-ring (bicyclic) bond motifs is 1. The predicted octanol–water partition coefficient (Wildman–Crippen LogP) is 2.44. The number of rotatable bonds is 2. The highest BCUT2D eigenvalue weighted by Crippen LogP contribution is 2.31. The molecule has 22 heavy (non-hydrogen) atoms. The summed E-state index contributed by atoms with van der Waals surface area (Å²) in [4.78, 5) is 17.3. The molecule has 0 fully saturated rings. The van der Waals surface area contributed by atoms with Gasteiger partial charge in [0.25, 0.3) is 5.91 Å². The van der Waals surface area contributed by atoms with Crippen molar-refractivity contribution in [3.63, 3.8) is 0 Å². The summed E-state index contributed by atoms with van der Waals surface area (Å²) in [5, 5.41) is 4.74. The largest absolute Gasteiger partial charge is 0.486 e. The highest BCUT2D eigenvalue weighted by atomic mass is 32.1. The van der Waals surface area contributed by atoms with Crippen LogP contribution in [-0.4, -0.2) is 25.0 Å². The molecule has 4 rings (SSSR count). The minimum atomic E-state index is -0.196. The van der Waals surface area contributed by atoms with Gasteiger partial charge in [-0.1, -0.05) is 12.1 Å². The number of thiophene rings is 1. The second-order valence-electron chi connectivity index (χ2n) is 4.82. The van der Waals surface area contributed by atoms with Crippen LogP contribution in [0.2, 0.25) is 0 Å². The molecule has 0 saturated carbocycles. The number of carbonyl (C=O) groups is 1. The zero-order valence-corrected chi connectivity index (χ0v) is 12.4. The Labute approximate surface area is 130 Å². The Bertz CT molecular complexity index is 794. The van der Waals surface area contributed by atoms with Crippen molar-refractivity contribution in [3.05, 3.63) is 51.8 Å². The van der Waals surface area contributed by atoms with Crippen LogP contribution in [0.1, 0.15) is 10.4 Å². The smallest absolute Gasteiger partial charge is 0.275 e. The van der Waals surface area contributed by atoms with E-state index in [1.807, 2.05) is 35.7 Å². The van der Waals surface area contributed by atoms with E-state index in [1.54, 1.807) is 6.08 Å². The fourth-order valence-corrected chi connectivity index (χ4v) is 2.98. The Morgan fingerprint density at radius 2 is 2.05 bits per heavy atom. The minimum Gasteiger partial charge on any atom is -0.486 e. The van der Waals surface area contributed by atoms with E-state index >= 15 is 0 Å². The van der Waals surface area contributed by atoms with E-state index in [0.29, 0.717) is 30.5 Å². The lowest BCUT2D eigenvalue weighted by Gasteiger charge is -2.18. The van der Waals surface area contributed by atoms with Gasteiger partial charge in [-0.05, 0) is 35.2 Å². The van der Waals surface area contributed by atoms with E-state index < -0.39 is 0 Å². The number of nitrogens with one attached hydrogen (secondary N) is 1. The molecule has 5 nitrogen and oxygen atoms in total. The molecule has 0 saturated heterocycles. The number of carbonyl (C=O) groups excluding carboxylic acids is 1. The molecule has 0 unspecified atom stereocenters. The summed E-state index contributed by atoms with van der Waals surface area (Å²) < 4.78 is 11.0. The minimum absolute atomic E-state index is 0.196. The van der Waals surface area contributed by atoms with Gasteiger partial charge in [-0.25, -0.2) is 4.99 Å². The fraction of sp³-hybridized carbons (Fsp3) is 0.125. The van der Waals surface area contributed by atoms with Crippen LogP contribution in [0.15, 0.2) is 46.4 Å². The number of hydrogen-bond acceptors (Lipinski definition) is 5. The topological polar surface area (TPSA) is 59.9 Å². The van der Waals surface area contributed by atoms with E-state index in [0.717, 1.165) is 16.2 Å². The summed E-state index contributed by atoms with van der Waals surface area (Å²) in [6.45, 7) is 1.10. The van der Waals surface area contributed by atoms with Gasteiger partial charge in [-0.3, -0.25) is 4.79 Å². The van der Waals surface area contributed by atoms with Gasteiger partial charge in [0.1, 0.15) is 18.9 Å². The Morgan fingerprint density at radius 1 is 1.18 bits per heavy atom. The number of amidine groups is 1. The molecule has 0 aliphatic carbocycles. The van der Waals surface area contributed by atoms with Gasteiger partial charge in [0.2, 0.25) is 0 Å². The Hall–Kier alpha value is -2.60. The number of nitrogens with zero attached hydrogens (tertiary/aromatic N) is 1. The lowest BCUT2D eigenvalue weighted by Crippen LogP contribution is -2.23. The molecule has 110 valence electrons. The maximum Gasteiger partial charge on any atom is 0.275 e. The molecule has 1 aromatic heterocycles. The van der Waals surface area contributed by atoms with Gasteiger partial charge in [0.05, 0.1) is 4.88 Å². The van der Waals surface area contributed by atoms with Gasteiger partial charge in [-0.2, -0.15) is 0 Å². The van der Waals surface area contributed by atoms with Crippen molar-refractivity contribution < 1.29 is 14.3 Å². The molecular weight excluding hydrogens is 300 g/mol. The van der Waals surface area contributed by atoms with E-state index in [4.69, 9.17) is 9.47 Å². The molecule has 2 aliphatic rings. The van der Waals surface area contributed by atoms with Crippen molar-refractivity contribution in [2.24, 2.45) is 4.99 Å². The molecule has 0 atom stereocenters. The first-order valence-corrected chi connectivity index (χ1v) is 7.73. The standard InChI is InChI=1S/C16H12N2O3S/c19-16-11(17-15(18-16)14-2-1-7-22-14)8-10-3-4-12-13(9-10)21-6-5-20-12/h1-4,7-9H,5-6H2,(H,17,18,19)/b11-8+. The highest BCUT2D eigenvalue weighted by molar-refractivity contribution is 7.12. The molecule has 0 spiro atoms. The predicted molar refractivity (Wildman–Crippen MR) is 84.4 cm³/mol. The first-order valence-electron chi connectivity index (χ1n) is 6.85. The van der Waals surface area contributed by atoms with Crippen LogP contribution >= 0.6 is 11.3 Å². The van der Waals surface area contributed by atoms with Crippen molar-refractivity contribution in [3.8, 4) is 11.5 Å². The first-order chi connectivity index (χ1) is 10.8. The van der Waals surface area contributed by atoms with Gasteiger partial charge in [0, 0.05) is 0 Å². The van der Waals surface area contributed by atoms with Crippen molar-refractivity contribution >= 4 is 29.2 Å². The first kappa shape index (κ1) is 13.1. The van der Waals surface area contributed by atoms with Gasteiger partial charge < -0.3 is 14.8 Å². The maximum atomic E-state index is 12.0. The molecule has 0 radical (unpaired) electrons. The molecule has 3 heterocycles. The maximum absolute atomic E-state index is 12.0. The Kier molecular flexibility index (Phi) is 3.16. The summed E-state index contributed by atoms with van der Waals surface area (Å²) in [6.07, 6.45) is 1.74. The van der Waals surface area contributed by atoms with Crippen LogP contribution in [0.3, 0.4) is 0 Å². The summed E-state index contributed by atoms with van der Waals surface area (Å²) in [5.74, 6) is 1.83. The Balaban J connectivity index is 1.66. The second kappa shape index (κ2) is 5.31. The highest BCUT2D eigenvalue weighted by Gasteiger charge is 2.22. The molecule has 0 bridgehead atoms. The molecular formula is C16H12N2O3S. The van der Waals surface area contributed by atoms with Gasteiger partial charge in [0.15, 0.2) is 17.3 Å². The number of ether oxygens (including phenoxy) is 2. The summed E-state index contributed by atoms with van der Waals surface area (Å²) >= 11 is 1.54. The van der Waals surface area contributed by atoms with E-state index in [9.17, 15) is 4.79 Å². The molecule has 6 heteroatoms. The number of aliphatic imine (C=N–C) groups is 1. The van der Waals surface area contributed by atoms with Crippen LogP contribution < -0.4 is 14.8 Å². The van der Waals surface area contributed by atoms with Crippen molar-refractivity contribution in [1.29, 1.82) is 0 Å². The molecule has 1 amide bonds. The quantitative estimate of drug-likeness (QED) is 0.867. The third kappa shape index (κ3) is 2.37. The zero-order valence-electron chi connectivity index (χ0n) is 11.5. The van der Waals surface area contributed by atoms with Crippen LogP contribution in [-0.2, 0) is 4.79 Å². The average molecular weight is 312 g/mol.